The Hall–Kier alpha value is -3.96. The molecule has 4 rings (SSSR count). The van der Waals surface area contributed by atoms with Crippen molar-refractivity contribution in [1.29, 1.82) is 5.26 Å². The van der Waals surface area contributed by atoms with Gasteiger partial charge in [-0.25, -0.2) is 4.98 Å². The molecule has 0 aliphatic rings. The SMILES string of the molecule is COc1cccc2c(=O)n(-c3cc(NC(=O)c4ccc(C(C)(C)C#N)s4)ccc3C)cnc12. The van der Waals surface area contributed by atoms with Crippen LogP contribution < -0.4 is 15.6 Å². The van der Waals surface area contributed by atoms with Gasteiger partial charge in [-0.3, -0.25) is 14.2 Å². The van der Waals surface area contributed by atoms with Gasteiger partial charge in [0.05, 0.1) is 34.5 Å². The third kappa shape index (κ3) is 4.11. The fraction of sp³-hybridized carbons (Fsp3) is 0.200. The van der Waals surface area contributed by atoms with E-state index in [-0.39, 0.29) is 11.5 Å². The minimum atomic E-state index is -0.660. The van der Waals surface area contributed by atoms with E-state index in [2.05, 4.69) is 16.4 Å². The maximum Gasteiger partial charge on any atom is 0.265 e. The number of nitriles is 1. The van der Waals surface area contributed by atoms with Crippen LogP contribution in [0.15, 0.2) is 59.7 Å². The second-order valence-electron chi connectivity index (χ2n) is 8.13. The van der Waals surface area contributed by atoms with Crippen LogP contribution in [0.3, 0.4) is 0 Å². The number of anilines is 1. The molecule has 0 saturated heterocycles. The van der Waals surface area contributed by atoms with Crippen molar-refractivity contribution < 1.29 is 9.53 Å². The number of fused-ring (bicyclic) bond motifs is 1. The zero-order valence-corrected chi connectivity index (χ0v) is 19.5. The fourth-order valence-electron chi connectivity index (χ4n) is 3.45. The Morgan fingerprint density at radius 2 is 2.00 bits per heavy atom. The van der Waals surface area contributed by atoms with E-state index < -0.39 is 5.41 Å². The molecule has 2 aromatic carbocycles. The number of nitrogens with zero attached hydrogens (tertiary/aromatic N) is 3. The minimum Gasteiger partial charge on any atom is -0.494 e. The van der Waals surface area contributed by atoms with Crippen molar-refractivity contribution in [2.75, 3.05) is 12.4 Å². The first-order valence-corrected chi connectivity index (χ1v) is 11.0. The molecule has 0 spiro atoms. The van der Waals surface area contributed by atoms with E-state index >= 15 is 0 Å². The molecule has 1 N–H and O–H groups in total. The molecule has 0 fully saturated rings. The Bertz CT molecular complexity index is 1480. The Labute approximate surface area is 194 Å². The highest BCUT2D eigenvalue weighted by Crippen LogP contribution is 2.30. The van der Waals surface area contributed by atoms with Gasteiger partial charge in [-0.2, -0.15) is 5.26 Å². The third-order valence-corrected chi connectivity index (χ3v) is 6.83. The average Bonchev–Trinajstić information content (AvgIpc) is 3.32. The maximum absolute atomic E-state index is 13.2. The van der Waals surface area contributed by atoms with Gasteiger partial charge in [-0.1, -0.05) is 12.1 Å². The average molecular weight is 459 g/mol. The highest BCUT2D eigenvalue weighted by atomic mass is 32.1. The van der Waals surface area contributed by atoms with Crippen LogP contribution in [0.2, 0.25) is 0 Å². The largest absolute Gasteiger partial charge is 0.494 e. The molecule has 0 unspecified atom stereocenters. The number of aromatic nitrogens is 2. The van der Waals surface area contributed by atoms with Crippen LogP contribution in [0.25, 0.3) is 16.6 Å². The summed E-state index contributed by atoms with van der Waals surface area (Å²) in [5.74, 6) is 0.257. The summed E-state index contributed by atoms with van der Waals surface area (Å²) in [6.45, 7) is 5.52. The number of rotatable bonds is 5. The topological polar surface area (TPSA) is 97.0 Å². The quantitative estimate of drug-likeness (QED) is 0.463. The number of carbonyl (C=O) groups is 1. The van der Waals surface area contributed by atoms with E-state index in [4.69, 9.17) is 4.74 Å². The van der Waals surface area contributed by atoms with Crippen LogP contribution in [0.1, 0.15) is 34.0 Å². The Morgan fingerprint density at radius 1 is 1.21 bits per heavy atom. The molecule has 166 valence electrons. The van der Waals surface area contributed by atoms with Crippen LogP contribution in [0.4, 0.5) is 5.69 Å². The number of hydrogen-bond acceptors (Lipinski definition) is 6. The lowest BCUT2D eigenvalue weighted by atomic mass is 9.94. The molecule has 4 aromatic rings. The van der Waals surface area contributed by atoms with Gasteiger partial charge in [-0.05, 0) is 62.7 Å². The molecular formula is C25H22N4O3S. The zero-order chi connectivity index (χ0) is 23.8. The molecule has 1 amide bonds. The van der Waals surface area contributed by atoms with E-state index in [9.17, 15) is 14.9 Å². The van der Waals surface area contributed by atoms with E-state index in [0.717, 1.165) is 10.4 Å². The molecule has 8 heteroatoms. The molecule has 7 nitrogen and oxygen atoms in total. The maximum atomic E-state index is 13.2. The smallest absolute Gasteiger partial charge is 0.265 e. The van der Waals surface area contributed by atoms with Crippen LogP contribution in [-0.2, 0) is 5.41 Å². The summed E-state index contributed by atoms with van der Waals surface area (Å²) in [5.41, 5.74) is 1.63. The Kier molecular flexibility index (Phi) is 5.75. The first-order valence-electron chi connectivity index (χ1n) is 10.2. The normalized spacial score (nSPS) is 11.2. The summed E-state index contributed by atoms with van der Waals surface area (Å²) in [5, 5.41) is 12.7. The standard InChI is InChI=1S/C25H22N4O3S/c1-15-8-9-16(28-23(30)20-10-11-21(33-20)25(2,3)13-26)12-18(15)29-14-27-22-17(24(29)31)6-5-7-19(22)32-4/h5-12,14H,1-4H3,(H,28,30). The fourth-order valence-corrected chi connectivity index (χ4v) is 4.41. The van der Waals surface area contributed by atoms with Crippen molar-refractivity contribution in [2.45, 2.75) is 26.2 Å². The molecule has 0 atom stereocenters. The van der Waals surface area contributed by atoms with Crippen molar-refractivity contribution in [3.63, 3.8) is 0 Å². The van der Waals surface area contributed by atoms with Crippen LogP contribution in [0, 0.1) is 18.3 Å². The number of aryl methyl sites for hydroxylation is 1. The number of thiophene rings is 1. The number of para-hydroxylation sites is 1. The Balaban J connectivity index is 1.68. The first-order chi connectivity index (χ1) is 15.7. The number of ether oxygens (including phenoxy) is 1. The summed E-state index contributed by atoms with van der Waals surface area (Å²) in [6, 6.07) is 16.4. The summed E-state index contributed by atoms with van der Waals surface area (Å²) in [7, 11) is 1.54. The molecule has 33 heavy (non-hydrogen) atoms. The van der Waals surface area contributed by atoms with Gasteiger partial charge in [0, 0.05) is 10.6 Å². The van der Waals surface area contributed by atoms with Gasteiger partial charge >= 0.3 is 0 Å². The number of benzene rings is 2. The van der Waals surface area contributed by atoms with Crippen molar-refractivity contribution in [3.8, 4) is 17.5 Å². The van der Waals surface area contributed by atoms with Crippen molar-refractivity contribution >= 4 is 33.8 Å². The monoisotopic (exact) mass is 458 g/mol. The second kappa shape index (κ2) is 8.52. The van der Waals surface area contributed by atoms with Crippen molar-refractivity contribution in [3.05, 3.63) is 80.5 Å². The predicted octanol–water partition coefficient (Wildman–Crippen LogP) is 4.82. The van der Waals surface area contributed by atoms with Gasteiger partial charge < -0.3 is 10.1 Å². The highest BCUT2D eigenvalue weighted by molar-refractivity contribution is 7.14. The number of methoxy groups -OCH3 is 1. The van der Waals surface area contributed by atoms with Gasteiger partial charge in [0.25, 0.3) is 11.5 Å². The van der Waals surface area contributed by atoms with Gasteiger partial charge in [0.1, 0.15) is 17.6 Å². The molecule has 2 heterocycles. The van der Waals surface area contributed by atoms with E-state index in [1.807, 2.05) is 26.8 Å². The minimum absolute atomic E-state index is 0.230. The predicted molar refractivity (Wildman–Crippen MR) is 130 cm³/mol. The molecule has 0 aliphatic carbocycles. The molecular weight excluding hydrogens is 436 g/mol. The van der Waals surface area contributed by atoms with E-state index in [1.54, 1.807) is 42.5 Å². The summed E-state index contributed by atoms with van der Waals surface area (Å²) in [4.78, 5) is 31.8. The second-order valence-corrected chi connectivity index (χ2v) is 9.22. The third-order valence-electron chi connectivity index (χ3n) is 5.42. The highest BCUT2D eigenvalue weighted by Gasteiger charge is 2.23. The van der Waals surface area contributed by atoms with Crippen molar-refractivity contribution in [1.82, 2.24) is 9.55 Å². The summed E-state index contributed by atoms with van der Waals surface area (Å²) >= 11 is 1.29. The lowest BCUT2D eigenvalue weighted by Gasteiger charge is -2.13. The molecule has 2 aromatic heterocycles. The van der Waals surface area contributed by atoms with Crippen LogP contribution in [-0.4, -0.2) is 22.6 Å². The number of amides is 1. The molecule has 0 radical (unpaired) electrons. The van der Waals surface area contributed by atoms with Crippen LogP contribution in [0.5, 0.6) is 5.75 Å². The van der Waals surface area contributed by atoms with Gasteiger partial charge in [0.15, 0.2) is 0 Å². The molecule has 0 aliphatic heterocycles. The Morgan fingerprint density at radius 3 is 2.73 bits per heavy atom. The number of hydrogen-bond donors (Lipinski definition) is 1. The summed E-state index contributed by atoms with van der Waals surface area (Å²) in [6.07, 6.45) is 1.47. The number of nitrogens with one attached hydrogen (secondary N) is 1. The summed E-state index contributed by atoms with van der Waals surface area (Å²) < 4.78 is 6.78. The van der Waals surface area contributed by atoms with Gasteiger partial charge in [0.2, 0.25) is 0 Å². The first kappa shape index (κ1) is 22.2. The van der Waals surface area contributed by atoms with E-state index in [1.165, 1.54) is 29.3 Å². The van der Waals surface area contributed by atoms with E-state index in [0.29, 0.717) is 32.9 Å². The zero-order valence-electron chi connectivity index (χ0n) is 18.7. The molecule has 0 bridgehead atoms. The van der Waals surface area contributed by atoms with Crippen LogP contribution >= 0.6 is 11.3 Å². The molecule has 0 saturated carbocycles. The van der Waals surface area contributed by atoms with Crippen molar-refractivity contribution in [2.24, 2.45) is 0 Å². The lowest BCUT2D eigenvalue weighted by Crippen LogP contribution is -2.20. The van der Waals surface area contributed by atoms with Gasteiger partial charge in [-0.15, -0.1) is 11.3 Å². The number of carbonyl (C=O) groups excluding carboxylic acids is 1. The lowest BCUT2D eigenvalue weighted by molar-refractivity contribution is 0.103.